The van der Waals surface area contributed by atoms with Gasteiger partial charge >= 0.3 is 0 Å². The van der Waals surface area contributed by atoms with Gasteiger partial charge in [-0.1, -0.05) is 15.9 Å². The van der Waals surface area contributed by atoms with Crippen molar-refractivity contribution in [2.75, 3.05) is 25.1 Å². The molecular formula is C24H27BrN2O4S. The summed E-state index contributed by atoms with van der Waals surface area (Å²) in [5.41, 5.74) is 3.29. The van der Waals surface area contributed by atoms with Gasteiger partial charge in [0.05, 0.1) is 18.2 Å². The summed E-state index contributed by atoms with van der Waals surface area (Å²) >= 11 is 5.01. The molecule has 0 radical (unpaired) electrons. The topological polar surface area (TPSA) is 80.6 Å². The summed E-state index contributed by atoms with van der Waals surface area (Å²) in [6.45, 7) is 3.80. The van der Waals surface area contributed by atoms with Gasteiger partial charge in [-0.3, -0.25) is 9.59 Å². The predicted molar refractivity (Wildman–Crippen MR) is 131 cm³/mol. The Kier molecular flexibility index (Phi) is 7.65. The third kappa shape index (κ3) is 5.24. The van der Waals surface area contributed by atoms with Gasteiger partial charge in [-0.25, -0.2) is 0 Å². The lowest BCUT2D eigenvalue weighted by molar-refractivity contribution is -0.115. The number of hydrogen-bond acceptors (Lipinski definition) is 5. The van der Waals surface area contributed by atoms with Gasteiger partial charge in [-0.2, -0.15) is 0 Å². The van der Waals surface area contributed by atoms with E-state index in [4.69, 9.17) is 9.15 Å². The van der Waals surface area contributed by atoms with Crippen molar-refractivity contribution in [2.45, 2.75) is 45.4 Å². The molecule has 32 heavy (non-hydrogen) atoms. The van der Waals surface area contributed by atoms with Crippen molar-refractivity contribution in [1.82, 2.24) is 5.32 Å². The van der Waals surface area contributed by atoms with E-state index in [0.29, 0.717) is 30.3 Å². The van der Waals surface area contributed by atoms with Crippen LogP contribution in [0.5, 0.6) is 0 Å². The number of fused-ring (bicyclic) bond motifs is 2. The van der Waals surface area contributed by atoms with Crippen molar-refractivity contribution in [3.8, 4) is 0 Å². The van der Waals surface area contributed by atoms with E-state index in [1.807, 2.05) is 25.1 Å². The molecule has 6 nitrogen and oxygen atoms in total. The molecule has 0 atom stereocenters. The Morgan fingerprint density at radius 3 is 2.94 bits per heavy atom. The first kappa shape index (κ1) is 23.0. The van der Waals surface area contributed by atoms with E-state index in [9.17, 15) is 9.59 Å². The van der Waals surface area contributed by atoms with Crippen LogP contribution in [0.25, 0.3) is 11.0 Å². The first-order valence-electron chi connectivity index (χ1n) is 11.0. The highest BCUT2D eigenvalue weighted by Gasteiger charge is 2.26. The van der Waals surface area contributed by atoms with E-state index >= 15 is 0 Å². The zero-order valence-corrected chi connectivity index (χ0v) is 20.5. The van der Waals surface area contributed by atoms with Crippen LogP contribution in [0.1, 0.15) is 52.5 Å². The molecule has 2 N–H and O–H groups in total. The zero-order chi connectivity index (χ0) is 22.5. The number of anilines is 1. The van der Waals surface area contributed by atoms with E-state index in [0.717, 1.165) is 58.7 Å². The Balaban J connectivity index is 1.49. The van der Waals surface area contributed by atoms with Gasteiger partial charge in [0.15, 0.2) is 0 Å². The molecule has 0 saturated heterocycles. The minimum Gasteiger partial charge on any atom is -0.464 e. The number of thiophene rings is 1. The molecule has 3 aromatic rings. The second kappa shape index (κ2) is 10.6. The molecule has 4 rings (SSSR count). The molecule has 1 aromatic carbocycles. The molecule has 8 heteroatoms. The molecule has 2 aromatic heterocycles. The lowest BCUT2D eigenvalue weighted by Crippen LogP contribution is -2.27. The number of rotatable bonds is 9. The third-order valence-electron chi connectivity index (χ3n) is 5.57. The summed E-state index contributed by atoms with van der Waals surface area (Å²) in [4.78, 5) is 27.2. The van der Waals surface area contributed by atoms with Gasteiger partial charge in [0.25, 0.3) is 5.91 Å². The van der Waals surface area contributed by atoms with Crippen molar-refractivity contribution in [3.05, 3.63) is 50.5 Å². The molecule has 0 fully saturated rings. The summed E-state index contributed by atoms with van der Waals surface area (Å²) in [5.74, 6) is -0.273. The highest BCUT2D eigenvalue weighted by molar-refractivity contribution is 9.10. The normalized spacial score (nSPS) is 13.2. The maximum atomic E-state index is 13.0. The molecular weight excluding hydrogens is 492 g/mol. The Bertz CT molecular complexity index is 1120. The van der Waals surface area contributed by atoms with Crippen LogP contribution in [0, 0.1) is 0 Å². The number of furan rings is 1. The number of carbonyl (C=O) groups is 2. The minimum absolute atomic E-state index is 0.117. The molecule has 2 amide bonds. The van der Waals surface area contributed by atoms with Crippen molar-refractivity contribution in [1.29, 1.82) is 0 Å². The average Bonchev–Trinajstić information content (AvgIpc) is 3.34. The van der Waals surface area contributed by atoms with Crippen molar-refractivity contribution < 1.29 is 18.7 Å². The predicted octanol–water partition coefficient (Wildman–Crippen LogP) is 5.47. The SMILES string of the molecule is CCOCCCNC(=O)c1c(NC(=O)Cc2coc3ccc(Br)cc23)sc2c1CCCC2. The third-order valence-corrected chi connectivity index (χ3v) is 7.27. The molecule has 0 saturated carbocycles. The number of hydrogen-bond donors (Lipinski definition) is 2. The fourth-order valence-corrected chi connectivity index (χ4v) is 5.70. The van der Waals surface area contributed by atoms with Crippen LogP contribution in [0.15, 0.2) is 33.4 Å². The molecule has 0 unspecified atom stereocenters. The molecule has 0 bridgehead atoms. The number of ether oxygens (including phenoxy) is 1. The average molecular weight is 519 g/mol. The van der Waals surface area contributed by atoms with Gasteiger partial charge in [0, 0.05) is 40.1 Å². The number of amides is 2. The molecule has 1 aliphatic carbocycles. The smallest absolute Gasteiger partial charge is 0.254 e. The molecule has 1 aliphatic rings. The Morgan fingerprint density at radius 1 is 1.25 bits per heavy atom. The lowest BCUT2D eigenvalue weighted by Gasteiger charge is -2.13. The number of benzene rings is 1. The van der Waals surface area contributed by atoms with Crippen LogP contribution in [0.2, 0.25) is 0 Å². The summed E-state index contributed by atoms with van der Waals surface area (Å²) < 4.78 is 11.9. The number of carbonyl (C=O) groups excluding carboxylic acids is 2. The standard InChI is InChI=1S/C24H27BrN2O4S/c1-2-30-11-5-10-26-23(29)22-17-6-3-4-7-20(17)32-24(22)27-21(28)12-15-14-31-19-9-8-16(25)13-18(15)19/h8-9,13-14H,2-7,10-12H2,1H3,(H,26,29)(H,27,28). The van der Waals surface area contributed by atoms with Crippen LogP contribution >= 0.6 is 27.3 Å². The summed E-state index contributed by atoms with van der Waals surface area (Å²) in [6, 6.07) is 5.74. The first-order chi connectivity index (χ1) is 15.6. The first-order valence-corrected chi connectivity index (χ1v) is 12.6. The van der Waals surface area contributed by atoms with E-state index in [1.165, 1.54) is 16.2 Å². The number of nitrogens with one attached hydrogen (secondary N) is 2. The molecule has 0 spiro atoms. The van der Waals surface area contributed by atoms with Crippen LogP contribution in [-0.4, -0.2) is 31.6 Å². The summed E-state index contributed by atoms with van der Waals surface area (Å²) in [5, 5.41) is 7.58. The summed E-state index contributed by atoms with van der Waals surface area (Å²) in [6.07, 6.45) is 6.59. The Hall–Kier alpha value is -2.16. The largest absolute Gasteiger partial charge is 0.464 e. The van der Waals surface area contributed by atoms with E-state index in [1.54, 1.807) is 6.26 Å². The van der Waals surface area contributed by atoms with Gasteiger partial charge in [0.2, 0.25) is 5.91 Å². The van der Waals surface area contributed by atoms with E-state index in [-0.39, 0.29) is 18.2 Å². The van der Waals surface area contributed by atoms with Crippen LogP contribution in [0.3, 0.4) is 0 Å². The van der Waals surface area contributed by atoms with Crippen molar-refractivity contribution in [3.63, 3.8) is 0 Å². The molecule has 0 aliphatic heterocycles. The molecule has 2 heterocycles. The quantitative estimate of drug-likeness (QED) is 0.368. The Morgan fingerprint density at radius 2 is 2.09 bits per heavy atom. The maximum absolute atomic E-state index is 13.0. The second-order valence-corrected chi connectivity index (χ2v) is 9.87. The van der Waals surface area contributed by atoms with Gasteiger partial charge in [-0.05, 0) is 62.8 Å². The van der Waals surface area contributed by atoms with E-state index in [2.05, 4.69) is 26.6 Å². The highest BCUT2D eigenvalue weighted by atomic mass is 79.9. The minimum atomic E-state index is -0.156. The van der Waals surface area contributed by atoms with Crippen LogP contribution < -0.4 is 10.6 Å². The number of halogens is 1. The van der Waals surface area contributed by atoms with Crippen LogP contribution in [-0.2, 0) is 28.8 Å². The maximum Gasteiger partial charge on any atom is 0.254 e. The van der Waals surface area contributed by atoms with Crippen molar-refractivity contribution in [2.24, 2.45) is 0 Å². The fourth-order valence-electron chi connectivity index (χ4n) is 4.04. The monoisotopic (exact) mass is 518 g/mol. The van der Waals surface area contributed by atoms with Gasteiger partial charge in [0.1, 0.15) is 10.6 Å². The zero-order valence-electron chi connectivity index (χ0n) is 18.1. The van der Waals surface area contributed by atoms with Crippen molar-refractivity contribution >= 4 is 55.1 Å². The second-order valence-electron chi connectivity index (χ2n) is 7.85. The van der Waals surface area contributed by atoms with Crippen LogP contribution in [0.4, 0.5) is 5.00 Å². The molecule has 170 valence electrons. The number of aryl methyl sites for hydroxylation is 1. The fraction of sp³-hybridized carbons (Fsp3) is 0.417. The Labute approximate surface area is 199 Å². The summed E-state index contributed by atoms with van der Waals surface area (Å²) in [7, 11) is 0. The van der Waals surface area contributed by atoms with Gasteiger partial charge < -0.3 is 19.8 Å². The lowest BCUT2D eigenvalue weighted by atomic mass is 9.95. The van der Waals surface area contributed by atoms with E-state index < -0.39 is 0 Å². The van der Waals surface area contributed by atoms with Gasteiger partial charge in [-0.15, -0.1) is 11.3 Å². The highest BCUT2D eigenvalue weighted by Crippen LogP contribution is 2.38.